The maximum Gasteiger partial charge on any atom is 0.153 e. The molecule has 0 amide bonds. The second-order valence-electron chi connectivity index (χ2n) is 3.86. The van der Waals surface area contributed by atoms with Crippen LogP contribution in [0.2, 0.25) is 0 Å². The summed E-state index contributed by atoms with van der Waals surface area (Å²) >= 11 is 0. The first kappa shape index (κ1) is 11.3. The largest absolute Gasteiger partial charge is 0.507 e. The van der Waals surface area contributed by atoms with Gasteiger partial charge >= 0.3 is 0 Å². The fourth-order valence-corrected chi connectivity index (χ4v) is 1.60. The quantitative estimate of drug-likeness (QED) is 0.803. The molecule has 86 valence electrons. The van der Waals surface area contributed by atoms with Gasteiger partial charge in [-0.1, -0.05) is 18.2 Å². The predicted molar refractivity (Wildman–Crippen MR) is 63.6 cm³/mol. The molecule has 17 heavy (non-hydrogen) atoms. The number of phenols is 1. The van der Waals surface area contributed by atoms with E-state index >= 15 is 0 Å². The predicted octanol–water partition coefficient (Wildman–Crippen LogP) is 3.32. The van der Waals surface area contributed by atoms with Gasteiger partial charge in [0.25, 0.3) is 0 Å². The fraction of sp³-hybridized carbons (Fsp3) is 0.0714. The van der Waals surface area contributed by atoms with Gasteiger partial charge in [-0.3, -0.25) is 4.79 Å². The first-order valence-electron chi connectivity index (χ1n) is 5.16. The van der Waals surface area contributed by atoms with Crippen LogP contribution < -0.4 is 0 Å². The Morgan fingerprint density at radius 2 is 1.76 bits per heavy atom. The molecule has 2 nitrogen and oxygen atoms in total. The number of rotatable bonds is 2. The fourth-order valence-electron chi connectivity index (χ4n) is 1.60. The number of phenolic OH excluding ortho intramolecular Hbond substituents is 1. The lowest BCUT2D eigenvalue weighted by atomic mass is 10.0. The van der Waals surface area contributed by atoms with Gasteiger partial charge in [0.2, 0.25) is 0 Å². The van der Waals surface area contributed by atoms with Crippen molar-refractivity contribution in [1.82, 2.24) is 0 Å². The molecule has 0 saturated heterocycles. The lowest BCUT2D eigenvalue weighted by Crippen LogP contribution is -1.86. The van der Waals surface area contributed by atoms with Gasteiger partial charge in [-0.05, 0) is 41.8 Å². The maximum absolute atomic E-state index is 13.4. The molecule has 0 saturated carbocycles. The van der Waals surface area contributed by atoms with Gasteiger partial charge in [-0.25, -0.2) is 4.39 Å². The van der Waals surface area contributed by atoms with Crippen molar-refractivity contribution in [2.45, 2.75) is 6.92 Å². The van der Waals surface area contributed by atoms with Crippen LogP contribution >= 0.6 is 0 Å². The van der Waals surface area contributed by atoms with Gasteiger partial charge in [0.05, 0.1) is 5.56 Å². The highest BCUT2D eigenvalue weighted by Crippen LogP contribution is 2.26. The zero-order valence-corrected chi connectivity index (χ0v) is 9.27. The molecule has 0 spiro atoms. The minimum absolute atomic E-state index is 0.0986. The summed E-state index contributed by atoms with van der Waals surface area (Å²) in [4.78, 5) is 10.6. The number of hydrogen-bond donors (Lipinski definition) is 1. The summed E-state index contributed by atoms with van der Waals surface area (Å²) in [7, 11) is 0. The van der Waals surface area contributed by atoms with Crippen LogP contribution in [0.3, 0.4) is 0 Å². The summed E-state index contributed by atoms with van der Waals surface area (Å²) in [5.74, 6) is -0.389. The van der Waals surface area contributed by atoms with Crippen LogP contribution in [0.1, 0.15) is 15.9 Å². The van der Waals surface area contributed by atoms with E-state index in [1.807, 2.05) is 0 Å². The van der Waals surface area contributed by atoms with Gasteiger partial charge in [0, 0.05) is 0 Å². The summed E-state index contributed by atoms with van der Waals surface area (Å²) in [5, 5.41) is 9.55. The average Bonchev–Trinajstić information content (AvgIpc) is 2.32. The Morgan fingerprint density at radius 1 is 1.12 bits per heavy atom. The molecule has 0 unspecified atom stereocenters. The molecule has 0 aliphatic carbocycles. The number of aldehydes is 1. The van der Waals surface area contributed by atoms with Crippen molar-refractivity contribution in [2.75, 3.05) is 0 Å². The Hall–Kier alpha value is -2.16. The van der Waals surface area contributed by atoms with Crippen molar-refractivity contribution in [3.63, 3.8) is 0 Å². The van der Waals surface area contributed by atoms with Crippen LogP contribution in [0.25, 0.3) is 11.1 Å². The first-order chi connectivity index (χ1) is 8.11. The monoisotopic (exact) mass is 230 g/mol. The summed E-state index contributed by atoms with van der Waals surface area (Å²) in [5.41, 5.74) is 2.14. The third-order valence-electron chi connectivity index (χ3n) is 2.66. The second kappa shape index (κ2) is 4.37. The molecule has 2 rings (SSSR count). The molecule has 0 atom stereocenters. The molecule has 0 bridgehead atoms. The van der Waals surface area contributed by atoms with E-state index in [2.05, 4.69) is 0 Å². The Labute approximate surface area is 98.3 Å². The van der Waals surface area contributed by atoms with Crippen LogP contribution in [0.15, 0.2) is 36.4 Å². The lowest BCUT2D eigenvalue weighted by molar-refractivity contribution is 0.112. The Morgan fingerprint density at radius 3 is 2.35 bits per heavy atom. The van der Waals surface area contributed by atoms with Crippen molar-refractivity contribution in [3.8, 4) is 16.9 Å². The van der Waals surface area contributed by atoms with E-state index in [9.17, 15) is 14.3 Å². The average molecular weight is 230 g/mol. The van der Waals surface area contributed by atoms with E-state index in [0.29, 0.717) is 23.0 Å². The van der Waals surface area contributed by atoms with Gasteiger partial charge in [-0.2, -0.15) is 0 Å². The van der Waals surface area contributed by atoms with Gasteiger partial charge in [0.1, 0.15) is 11.6 Å². The molecule has 0 aliphatic rings. The minimum Gasteiger partial charge on any atom is -0.507 e. The number of hydrogen-bond acceptors (Lipinski definition) is 2. The molecule has 0 aromatic heterocycles. The van der Waals surface area contributed by atoms with Crippen molar-refractivity contribution >= 4 is 6.29 Å². The zero-order valence-electron chi connectivity index (χ0n) is 9.27. The van der Waals surface area contributed by atoms with Crippen molar-refractivity contribution in [1.29, 1.82) is 0 Å². The van der Waals surface area contributed by atoms with Crippen molar-refractivity contribution in [2.24, 2.45) is 0 Å². The van der Waals surface area contributed by atoms with Gasteiger partial charge < -0.3 is 5.11 Å². The number of carbonyl (C=O) groups excluding carboxylic acids is 1. The second-order valence-corrected chi connectivity index (χ2v) is 3.86. The highest BCUT2D eigenvalue weighted by Gasteiger charge is 2.05. The maximum atomic E-state index is 13.4. The van der Waals surface area contributed by atoms with Gasteiger partial charge in [0.15, 0.2) is 6.29 Å². The van der Waals surface area contributed by atoms with E-state index in [1.165, 1.54) is 18.2 Å². The Kier molecular flexibility index (Phi) is 2.91. The van der Waals surface area contributed by atoms with Crippen LogP contribution in [0.4, 0.5) is 4.39 Å². The van der Waals surface area contributed by atoms with Crippen molar-refractivity contribution in [3.05, 3.63) is 53.3 Å². The molecule has 0 heterocycles. The molecule has 2 aromatic carbocycles. The third-order valence-corrected chi connectivity index (χ3v) is 2.66. The molecule has 0 aliphatic heterocycles. The lowest BCUT2D eigenvalue weighted by Gasteiger charge is -2.05. The molecule has 0 fully saturated rings. The number of carbonyl (C=O) groups is 1. The van der Waals surface area contributed by atoms with E-state index in [0.717, 1.165) is 0 Å². The topological polar surface area (TPSA) is 37.3 Å². The summed E-state index contributed by atoms with van der Waals surface area (Å²) in [6, 6.07) is 9.49. The molecule has 1 N–H and O–H groups in total. The van der Waals surface area contributed by atoms with Crippen LogP contribution in [0, 0.1) is 12.7 Å². The summed E-state index contributed by atoms with van der Waals surface area (Å²) in [6.07, 6.45) is 0.578. The zero-order chi connectivity index (χ0) is 12.4. The number of aromatic hydroxyl groups is 1. The molecular weight excluding hydrogens is 219 g/mol. The van der Waals surface area contributed by atoms with E-state index < -0.39 is 0 Å². The molecule has 3 heteroatoms. The Bertz CT molecular complexity index is 576. The molecule has 2 aromatic rings. The summed E-state index contributed by atoms with van der Waals surface area (Å²) in [6.45, 7) is 1.69. The van der Waals surface area contributed by atoms with Crippen LogP contribution in [-0.2, 0) is 0 Å². The van der Waals surface area contributed by atoms with Crippen LogP contribution in [-0.4, -0.2) is 11.4 Å². The number of benzene rings is 2. The highest BCUT2D eigenvalue weighted by atomic mass is 19.1. The van der Waals surface area contributed by atoms with E-state index in [1.54, 1.807) is 25.1 Å². The molecular formula is C14H11FO2. The van der Waals surface area contributed by atoms with Crippen molar-refractivity contribution < 1.29 is 14.3 Å². The normalized spacial score (nSPS) is 10.2. The first-order valence-corrected chi connectivity index (χ1v) is 5.16. The summed E-state index contributed by atoms with van der Waals surface area (Å²) < 4.78 is 13.4. The smallest absolute Gasteiger partial charge is 0.153 e. The Balaban J connectivity index is 2.49. The number of aryl methyl sites for hydroxylation is 1. The highest BCUT2D eigenvalue weighted by molar-refractivity contribution is 5.81. The van der Waals surface area contributed by atoms with Gasteiger partial charge in [-0.15, -0.1) is 0 Å². The van der Waals surface area contributed by atoms with Crippen LogP contribution in [0.5, 0.6) is 5.75 Å². The minimum atomic E-state index is -0.290. The standard InChI is InChI=1S/C14H11FO2/c1-9-2-3-10(6-13(9)15)11-4-5-12(8-16)14(17)7-11/h2-8,17H,1H3. The van der Waals surface area contributed by atoms with E-state index in [-0.39, 0.29) is 17.1 Å². The third kappa shape index (κ3) is 2.18. The van der Waals surface area contributed by atoms with E-state index in [4.69, 9.17) is 0 Å². The SMILES string of the molecule is Cc1ccc(-c2ccc(C=O)c(O)c2)cc1F. The number of halogens is 1. The molecule has 0 radical (unpaired) electrons.